The monoisotopic (exact) mass is 550 g/mol. The average Bonchev–Trinajstić information content (AvgIpc) is 3.65. The van der Waals surface area contributed by atoms with Gasteiger partial charge in [0.1, 0.15) is 0 Å². The number of benzene rings is 1. The second-order valence-corrected chi connectivity index (χ2v) is 13.5. The van der Waals surface area contributed by atoms with Crippen molar-refractivity contribution in [1.29, 1.82) is 0 Å². The molecule has 0 radical (unpaired) electrons. The Labute approximate surface area is 233 Å². The molecule has 1 aliphatic heterocycles. The number of nitrogens with zero attached hydrogens (tertiary/aromatic N) is 5. The molecule has 2 atom stereocenters. The van der Waals surface area contributed by atoms with Gasteiger partial charge in [-0.25, -0.2) is 9.99 Å². The van der Waals surface area contributed by atoms with E-state index in [1.165, 1.54) is 25.7 Å². The first-order valence-corrected chi connectivity index (χ1v) is 16.0. The Kier molecular flexibility index (Phi) is 8.13. The number of nitrogens with one attached hydrogen (secondary N) is 2. The first-order chi connectivity index (χ1) is 19.0. The molecule has 2 aliphatic carbocycles. The van der Waals surface area contributed by atoms with Crippen LogP contribution in [0.25, 0.3) is 11.2 Å². The molecule has 3 fully saturated rings. The minimum absolute atomic E-state index is 0.127. The van der Waals surface area contributed by atoms with E-state index in [2.05, 4.69) is 27.2 Å². The molecule has 4 N–H and O–H groups in total. The van der Waals surface area contributed by atoms with Crippen molar-refractivity contribution < 1.29 is 4.21 Å². The zero-order chi connectivity index (χ0) is 26.8. The maximum atomic E-state index is 13.1. The van der Waals surface area contributed by atoms with Crippen LogP contribution in [0.1, 0.15) is 77.2 Å². The van der Waals surface area contributed by atoms with Gasteiger partial charge in [-0.3, -0.25) is 4.21 Å². The van der Waals surface area contributed by atoms with Gasteiger partial charge in [0.25, 0.3) is 0 Å². The number of piperidine rings is 1. The first-order valence-electron chi connectivity index (χ1n) is 14.8. The van der Waals surface area contributed by atoms with Gasteiger partial charge >= 0.3 is 0 Å². The van der Waals surface area contributed by atoms with Crippen molar-refractivity contribution in [3.63, 3.8) is 0 Å². The topological polar surface area (TPSA) is 114 Å². The van der Waals surface area contributed by atoms with Gasteiger partial charge in [0.2, 0.25) is 5.95 Å². The molecule has 9 nitrogen and oxygen atoms in total. The molecular formula is C29H42N8OS. The molecule has 2 unspecified atom stereocenters. The first kappa shape index (κ1) is 26.7. The molecule has 0 spiro atoms. The molecule has 1 saturated heterocycles. The van der Waals surface area contributed by atoms with Gasteiger partial charge in [0, 0.05) is 41.4 Å². The van der Waals surface area contributed by atoms with Gasteiger partial charge in [0.15, 0.2) is 17.0 Å². The Morgan fingerprint density at radius 2 is 1.69 bits per heavy atom. The molecule has 2 saturated carbocycles. The number of hydrazine groups is 1. The Balaban J connectivity index is 1.17. The van der Waals surface area contributed by atoms with E-state index in [0.29, 0.717) is 30.0 Å². The number of hydrogen-bond acceptors (Lipinski definition) is 8. The summed E-state index contributed by atoms with van der Waals surface area (Å²) in [5.74, 6) is 1.86. The van der Waals surface area contributed by atoms with E-state index < -0.39 is 10.8 Å². The zero-order valence-electron chi connectivity index (χ0n) is 23.0. The molecule has 10 heteroatoms. The molecule has 3 aromatic rings. The molecule has 0 bridgehead atoms. The Morgan fingerprint density at radius 1 is 0.974 bits per heavy atom. The predicted molar refractivity (Wildman–Crippen MR) is 157 cm³/mol. The van der Waals surface area contributed by atoms with Gasteiger partial charge in [-0.1, -0.05) is 38.0 Å². The summed E-state index contributed by atoms with van der Waals surface area (Å²) in [4.78, 5) is 15.6. The van der Waals surface area contributed by atoms with Gasteiger partial charge in [-0.2, -0.15) is 9.97 Å². The van der Waals surface area contributed by atoms with E-state index in [1.807, 2.05) is 36.7 Å². The third kappa shape index (κ3) is 5.98. The maximum Gasteiger partial charge on any atom is 0.227 e. The third-order valence-corrected chi connectivity index (χ3v) is 10.8. The molecule has 3 aliphatic rings. The fourth-order valence-corrected chi connectivity index (χ4v) is 8.01. The molecule has 39 heavy (non-hydrogen) atoms. The van der Waals surface area contributed by atoms with E-state index in [0.717, 1.165) is 73.5 Å². The van der Waals surface area contributed by atoms with E-state index in [1.54, 1.807) is 0 Å². The zero-order valence-corrected chi connectivity index (χ0v) is 23.8. The lowest BCUT2D eigenvalue weighted by Gasteiger charge is -2.34. The number of imidazole rings is 1. The van der Waals surface area contributed by atoms with Crippen LogP contribution < -0.4 is 16.5 Å². The molecule has 210 valence electrons. The summed E-state index contributed by atoms with van der Waals surface area (Å²) < 4.78 is 15.4. The lowest BCUT2D eigenvalue weighted by molar-refractivity contribution is 0.215. The number of hydrogen-bond donors (Lipinski definition) is 3. The van der Waals surface area contributed by atoms with Crippen molar-refractivity contribution in [2.45, 2.75) is 99.4 Å². The molecule has 3 heterocycles. The molecular weight excluding hydrogens is 508 g/mol. The van der Waals surface area contributed by atoms with Gasteiger partial charge < -0.3 is 21.0 Å². The van der Waals surface area contributed by atoms with E-state index >= 15 is 0 Å². The molecule has 0 amide bonds. The summed E-state index contributed by atoms with van der Waals surface area (Å²) in [5, 5.41) is 5.99. The molecule has 2 aromatic heterocycles. The minimum Gasteiger partial charge on any atom is -0.351 e. The second-order valence-electron chi connectivity index (χ2n) is 11.7. The normalized spacial score (nSPS) is 25.1. The van der Waals surface area contributed by atoms with E-state index in [9.17, 15) is 4.21 Å². The highest BCUT2D eigenvalue weighted by Crippen LogP contribution is 2.34. The fourth-order valence-electron chi connectivity index (χ4n) is 6.53. The quantitative estimate of drug-likeness (QED) is 0.364. The Hall–Kier alpha value is -2.56. The average molecular weight is 551 g/mol. The highest BCUT2D eigenvalue weighted by Gasteiger charge is 2.29. The highest BCUT2D eigenvalue weighted by atomic mass is 32.2. The summed E-state index contributed by atoms with van der Waals surface area (Å²) in [6.45, 7) is 3.88. The molecule has 6 rings (SSSR count). The maximum absolute atomic E-state index is 13.1. The van der Waals surface area contributed by atoms with Gasteiger partial charge in [-0.05, 0) is 69.4 Å². The van der Waals surface area contributed by atoms with Crippen molar-refractivity contribution in [3.05, 3.63) is 36.7 Å². The van der Waals surface area contributed by atoms with E-state index in [4.69, 9.17) is 20.7 Å². The smallest absolute Gasteiger partial charge is 0.227 e. The minimum atomic E-state index is -0.990. The van der Waals surface area contributed by atoms with Crippen LogP contribution in [0.3, 0.4) is 0 Å². The summed E-state index contributed by atoms with van der Waals surface area (Å²) in [6, 6.07) is 11.0. The Bertz CT molecular complexity index is 1260. The van der Waals surface area contributed by atoms with Crippen molar-refractivity contribution in [1.82, 2.24) is 24.5 Å². The standard InChI is InChI=1S/C29H42N8OS/c1-20(39(38)25-9-3-2-4-10-25)21-15-17-36(18-16-21)35-27-26-28(37(19-31-26)24-7-5-6-8-24)34-29(33-27)32-23-13-11-22(30)12-14-23/h2-4,9-10,19-24H,5-8,11-18,30H2,1H3,(H2,32,33,34,35). The van der Waals surface area contributed by atoms with Crippen LogP contribution in [0, 0.1) is 5.92 Å². The van der Waals surface area contributed by atoms with Crippen LogP contribution in [0.15, 0.2) is 41.6 Å². The summed E-state index contributed by atoms with van der Waals surface area (Å²) >= 11 is 0. The van der Waals surface area contributed by atoms with E-state index in [-0.39, 0.29) is 5.25 Å². The predicted octanol–water partition coefficient (Wildman–Crippen LogP) is 4.86. The third-order valence-electron chi connectivity index (χ3n) is 9.03. The summed E-state index contributed by atoms with van der Waals surface area (Å²) in [5.41, 5.74) is 11.5. The highest BCUT2D eigenvalue weighted by molar-refractivity contribution is 7.85. The van der Waals surface area contributed by atoms with Crippen molar-refractivity contribution in [2.75, 3.05) is 23.8 Å². The lowest BCUT2D eigenvalue weighted by atomic mass is 9.92. The van der Waals surface area contributed by atoms with Crippen LogP contribution in [0.2, 0.25) is 0 Å². The van der Waals surface area contributed by atoms with Gasteiger partial charge in [-0.15, -0.1) is 0 Å². The van der Waals surface area contributed by atoms with Crippen LogP contribution in [-0.2, 0) is 10.8 Å². The van der Waals surface area contributed by atoms with Crippen LogP contribution >= 0.6 is 0 Å². The van der Waals surface area contributed by atoms with Crippen LogP contribution in [0.4, 0.5) is 11.8 Å². The fraction of sp³-hybridized carbons (Fsp3) is 0.621. The number of fused-ring (bicyclic) bond motifs is 1. The van der Waals surface area contributed by atoms with Crippen molar-refractivity contribution in [3.8, 4) is 0 Å². The van der Waals surface area contributed by atoms with Gasteiger partial charge in [0.05, 0.1) is 17.1 Å². The number of anilines is 2. The van der Waals surface area contributed by atoms with Crippen LogP contribution in [-0.4, -0.2) is 59.2 Å². The number of aromatic nitrogens is 4. The van der Waals surface area contributed by atoms with Crippen molar-refractivity contribution in [2.24, 2.45) is 11.7 Å². The summed E-state index contributed by atoms with van der Waals surface area (Å²) in [6.07, 6.45) is 13.0. The summed E-state index contributed by atoms with van der Waals surface area (Å²) in [7, 11) is -0.990. The SMILES string of the molecule is CC(C1CCN(Nc2nc(NC3CCC(N)CC3)nc3c2ncn3C2CCCC2)CC1)S(=O)c1ccccc1. The molecule has 1 aromatic carbocycles. The van der Waals surface area contributed by atoms with Crippen molar-refractivity contribution >= 4 is 33.7 Å². The number of nitrogens with two attached hydrogens (primary N) is 1. The number of rotatable bonds is 8. The Morgan fingerprint density at radius 3 is 2.41 bits per heavy atom. The van der Waals surface area contributed by atoms with Crippen LogP contribution in [0.5, 0.6) is 0 Å². The lowest BCUT2D eigenvalue weighted by Crippen LogP contribution is -2.41. The second kappa shape index (κ2) is 11.9. The largest absolute Gasteiger partial charge is 0.351 e.